The van der Waals surface area contributed by atoms with E-state index in [1.165, 1.54) is 12.8 Å². The van der Waals surface area contributed by atoms with Crippen LogP contribution in [0, 0.1) is 6.92 Å². The molecule has 1 aliphatic carbocycles. The van der Waals surface area contributed by atoms with E-state index in [0.717, 1.165) is 30.6 Å². The van der Waals surface area contributed by atoms with Crippen LogP contribution in [0.25, 0.3) is 0 Å². The highest BCUT2D eigenvalue weighted by atomic mass is 35.5. The Morgan fingerprint density at radius 2 is 2.14 bits per heavy atom. The topological polar surface area (TPSA) is 41.4 Å². The lowest BCUT2D eigenvalue weighted by molar-refractivity contribution is -0.133. The summed E-state index contributed by atoms with van der Waals surface area (Å²) < 4.78 is 1.70. The molecule has 0 N–H and O–H groups in total. The van der Waals surface area contributed by atoms with Gasteiger partial charge in [0, 0.05) is 25.2 Å². The van der Waals surface area contributed by atoms with E-state index in [-0.39, 0.29) is 11.9 Å². The Balaban J connectivity index is 1.76. The van der Waals surface area contributed by atoms with Crippen molar-refractivity contribution < 1.29 is 4.79 Å². The molecule has 6 heteroatoms. The Bertz CT molecular complexity index is 552. The zero-order chi connectivity index (χ0) is 15.1. The van der Waals surface area contributed by atoms with Crippen molar-refractivity contribution in [3.05, 3.63) is 16.4 Å². The van der Waals surface area contributed by atoms with Crippen LogP contribution in [-0.2, 0) is 11.8 Å². The second-order valence-corrected chi connectivity index (χ2v) is 6.66. The largest absolute Gasteiger partial charge is 0.334 e. The zero-order valence-electron chi connectivity index (χ0n) is 13.0. The van der Waals surface area contributed by atoms with Crippen molar-refractivity contribution >= 4 is 17.5 Å². The molecule has 21 heavy (non-hydrogen) atoms. The molecule has 2 fully saturated rings. The summed E-state index contributed by atoms with van der Waals surface area (Å²) >= 11 is 6.38. The third-order valence-electron chi connectivity index (χ3n) is 4.66. The number of aromatic nitrogens is 2. The number of halogens is 1. The SMILES string of the molecule is Cc1nn(C)c(Cl)c1[C@@H]1CCCN1C(=O)CN(C)C1CC1. The molecule has 5 nitrogen and oxygen atoms in total. The molecule has 1 saturated carbocycles. The van der Waals surface area contributed by atoms with E-state index in [0.29, 0.717) is 17.7 Å². The van der Waals surface area contributed by atoms with E-state index in [4.69, 9.17) is 11.6 Å². The molecule has 2 heterocycles. The van der Waals surface area contributed by atoms with Crippen molar-refractivity contribution in [3.8, 4) is 0 Å². The van der Waals surface area contributed by atoms with E-state index in [1.54, 1.807) is 4.68 Å². The van der Waals surface area contributed by atoms with Crippen molar-refractivity contribution in [2.75, 3.05) is 20.1 Å². The molecule has 0 radical (unpaired) electrons. The highest BCUT2D eigenvalue weighted by molar-refractivity contribution is 6.30. The Labute approximate surface area is 130 Å². The number of aryl methyl sites for hydroxylation is 2. The van der Waals surface area contributed by atoms with Crippen molar-refractivity contribution in [1.29, 1.82) is 0 Å². The lowest BCUT2D eigenvalue weighted by Gasteiger charge is -2.27. The number of carbonyl (C=O) groups is 1. The number of amides is 1. The number of carbonyl (C=O) groups excluding carboxylic acids is 1. The van der Waals surface area contributed by atoms with Gasteiger partial charge in [-0.3, -0.25) is 14.4 Å². The normalized spacial score (nSPS) is 22.3. The monoisotopic (exact) mass is 310 g/mol. The van der Waals surface area contributed by atoms with Gasteiger partial charge in [-0.05, 0) is 39.7 Å². The Morgan fingerprint density at radius 1 is 1.43 bits per heavy atom. The van der Waals surface area contributed by atoms with Crippen LogP contribution in [0.3, 0.4) is 0 Å². The summed E-state index contributed by atoms with van der Waals surface area (Å²) in [6, 6.07) is 0.699. The van der Waals surface area contributed by atoms with Crippen molar-refractivity contribution in [2.24, 2.45) is 7.05 Å². The van der Waals surface area contributed by atoms with Crippen LogP contribution in [-0.4, -0.2) is 51.7 Å². The molecule has 1 aromatic heterocycles. The number of likely N-dealkylation sites (N-methyl/N-ethyl adjacent to an activating group) is 1. The summed E-state index contributed by atoms with van der Waals surface area (Å²) in [7, 11) is 3.89. The average molecular weight is 311 g/mol. The summed E-state index contributed by atoms with van der Waals surface area (Å²) in [6.07, 6.45) is 4.46. The molecule has 1 aromatic rings. The van der Waals surface area contributed by atoms with Crippen LogP contribution in [0.1, 0.15) is 43.0 Å². The van der Waals surface area contributed by atoms with Gasteiger partial charge in [0.05, 0.1) is 18.3 Å². The second-order valence-electron chi connectivity index (χ2n) is 6.30. The van der Waals surface area contributed by atoms with Crippen molar-refractivity contribution in [3.63, 3.8) is 0 Å². The first-order chi connectivity index (χ1) is 9.99. The smallest absolute Gasteiger partial charge is 0.237 e. The van der Waals surface area contributed by atoms with Crippen LogP contribution in [0.5, 0.6) is 0 Å². The molecule has 1 aliphatic heterocycles. The first kappa shape index (κ1) is 14.9. The third kappa shape index (κ3) is 2.81. The number of hydrogen-bond acceptors (Lipinski definition) is 3. The van der Waals surface area contributed by atoms with Gasteiger partial charge < -0.3 is 4.90 Å². The maximum absolute atomic E-state index is 12.6. The van der Waals surface area contributed by atoms with Gasteiger partial charge in [0.15, 0.2) is 0 Å². The van der Waals surface area contributed by atoms with E-state index >= 15 is 0 Å². The maximum Gasteiger partial charge on any atom is 0.237 e. The van der Waals surface area contributed by atoms with E-state index in [9.17, 15) is 4.79 Å². The molecular formula is C15H23ClN4O. The molecular weight excluding hydrogens is 288 g/mol. The van der Waals surface area contributed by atoms with Gasteiger partial charge in [-0.1, -0.05) is 11.6 Å². The molecule has 0 spiro atoms. The van der Waals surface area contributed by atoms with Gasteiger partial charge in [0.1, 0.15) is 5.15 Å². The summed E-state index contributed by atoms with van der Waals surface area (Å²) in [5.74, 6) is 0.214. The Morgan fingerprint density at radius 3 is 2.71 bits per heavy atom. The quantitative estimate of drug-likeness (QED) is 0.855. The number of nitrogens with zero attached hydrogens (tertiary/aromatic N) is 4. The second kappa shape index (κ2) is 5.61. The molecule has 3 rings (SSSR count). The van der Waals surface area contributed by atoms with Crippen LogP contribution in [0.4, 0.5) is 0 Å². The predicted octanol–water partition coefficient (Wildman–Crippen LogP) is 2.14. The summed E-state index contributed by atoms with van der Waals surface area (Å²) in [4.78, 5) is 16.8. The number of likely N-dealkylation sites (tertiary alicyclic amines) is 1. The lowest BCUT2D eigenvalue weighted by atomic mass is 10.1. The van der Waals surface area contributed by atoms with Crippen LogP contribution in [0.2, 0.25) is 5.15 Å². The Hall–Kier alpha value is -1.07. The molecule has 0 unspecified atom stereocenters. The molecule has 1 saturated heterocycles. The molecule has 2 aliphatic rings. The minimum atomic E-state index is 0.0892. The van der Waals surface area contributed by atoms with Gasteiger partial charge in [-0.25, -0.2) is 0 Å². The van der Waals surface area contributed by atoms with Gasteiger partial charge in [0.25, 0.3) is 0 Å². The molecule has 1 amide bonds. The minimum absolute atomic E-state index is 0.0892. The van der Waals surface area contributed by atoms with Crippen LogP contribution >= 0.6 is 11.6 Å². The molecule has 1 atom stereocenters. The minimum Gasteiger partial charge on any atom is -0.334 e. The Kier molecular flexibility index (Phi) is 3.97. The van der Waals surface area contributed by atoms with Gasteiger partial charge in [0.2, 0.25) is 5.91 Å². The molecule has 0 bridgehead atoms. The van der Waals surface area contributed by atoms with Gasteiger partial charge >= 0.3 is 0 Å². The third-order valence-corrected chi connectivity index (χ3v) is 5.11. The predicted molar refractivity (Wildman–Crippen MR) is 82.3 cm³/mol. The van der Waals surface area contributed by atoms with Gasteiger partial charge in [-0.2, -0.15) is 5.10 Å². The fourth-order valence-electron chi connectivity index (χ4n) is 3.34. The first-order valence-electron chi connectivity index (χ1n) is 7.67. The maximum atomic E-state index is 12.6. The average Bonchev–Trinajstić information content (AvgIpc) is 3.12. The fourth-order valence-corrected chi connectivity index (χ4v) is 3.64. The highest BCUT2D eigenvalue weighted by Gasteiger charge is 2.35. The number of rotatable bonds is 4. The van der Waals surface area contributed by atoms with Crippen molar-refractivity contribution in [1.82, 2.24) is 19.6 Å². The standard InChI is InChI=1S/C15H23ClN4O/c1-10-14(15(16)19(3)17-10)12-5-4-8-20(12)13(21)9-18(2)11-6-7-11/h11-12H,4-9H2,1-3H3/t12-/m0/s1. The summed E-state index contributed by atoms with van der Waals surface area (Å²) in [5, 5.41) is 5.04. The van der Waals surface area contributed by atoms with E-state index in [2.05, 4.69) is 10.00 Å². The lowest BCUT2D eigenvalue weighted by Crippen LogP contribution is -2.39. The van der Waals surface area contributed by atoms with Crippen LogP contribution in [0.15, 0.2) is 0 Å². The van der Waals surface area contributed by atoms with Gasteiger partial charge in [-0.15, -0.1) is 0 Å². The number of hydrogen-bond donors (Lipinski definition) is 0. The fraction of sp³-hybridized carbons (Fsp3) is 0.733. The van der Waals surface area contributed by atoms with E-state index < -0.39 is 0 Å². The highest BCUT2D eigenvalue weighted by Crippen LogP contribution is 2.37. The van der Waals surface area contributed by atoms with E-state index in [1.807, 2.05) is 25.9 Å². The van der Waals surface area contributed by atoms with Crippen molar-refractivity contribution in [2.45, 2.75) is 44.7 Å². The summed E-state index contributed by atoms with van der Waals surface area (Å²) in [5.41, 5.74) is 1.96. The summed E-state index contributed by atoms with van der Waals surface area (Å²) in [6.45, 7) is 3.31. The molecule has 0 aromatic carbocycles. The van der Waals surface area contributed by atoms with Crippen LogP contribution < -0.4 is 0 Å². The first-order valence-corrected chi connectivity index (χ1v) is 8.05. The molecule has 116 valence electrons. The zero-order valence-corrected chi connectivity index (χ0v) is 13.7.